The molecule has 1 heterocycles. The lowest BCUT2D eigenvalue weighted by atomic mass is 10.1. The van der Waals surface area contributed by atoms with Gasteiger partial charge in [-0.25, -0.2) is 4.79 Å². The van der Waals surface area contributed by atoms with Gasteiger partial charge in [0.2, 0.25) is 0 Å². The zero-order valence-corrected chi connectivity index (χ0v) is 9.93. The number of nitrogens with one attached hydrogen (secondary N) is 1. The van der Waals surface area contributed by atoms with Crippen LogP contribution in [0.4, 0.5) is 4.79 Å². The lowest BCUT2D eigenvalue weighted by Gasteiger charge is -2.23. The summed E-state index contributed by atoms with van der Waals surface area (Å²) in [6.45, 7) is 6.08. The fourth-order valence-corrected chi connectivity index (χ4v) is 1.25. The number of carbonyl (C=O) groups excluding carboxylic acids is 1. The molecule has 1 N–H and O–H groups in total. The van der Waals surface area contributed by atoms with Crippen molar-refractivity contribution in [3.8, 4) is 0 Å². The first kappa shape index (κ1) is 11.9. The number of rotatable bonds is 4. The molecule has 6 heteroatoms. The fourth-order valence-electron chi connectivity index (χ4n) is 0.780. The van der Waals surface area contributed by atoms with E-state index in [1.165, 1.54) is 11.3 Å². The van der Waals surface area contributed by atoms with Crippen LogP contribution in [0.2, 0.25) is 0 Å². The molecular weight excluding hydrogens is 214 g/mol. The van der Waals surface area contributed by atoms with Crippen LogP contribution in [0.1, 0.15) is 32.2 Å². The van der Waals surface area contributed by atoms with Crippen LogP contribution in [-0.4, -0.2) is 21.9 Å². The number of aromatic nitrogens is 2. The van der Waals surface area contributed by atoms with Gasteiger partial charge in [0.15, 0.2) is 0 Å². The Bertz CT molecular complexity index is 311. The van der Waals surface area contributed by atoms with E-state index in [0.717, 1.165) is 11.4 Å². The Hall–Kier alpha value is -1.17. The minimum absolute atomic E-state index is 0.364. The van der Waals surface area contributed by atoms with Gasteiger partial charge in [0, 0.05) is 0 Å². The van der Waals surface area contributed by atoms with Crippen molar-refractivity contribution in [3.63, 3.8) is 0 Å². The van der Waals surface area contributed by atoms with Gasteiger partial charge >= 0.3 is 6.09 Å². The Morgan fingerprint density at radius 2 is 2.40 bits per heavy atom. The van der Waals surface area contributed by atoms with Gasteiger partial charge < -0.3 is 10.1 Å². The van der Waals surface area contributed by atoms with Crippen LogP contribution in [0.5, 0.6) is 0 Å². The van der Waals surface area contributed by atoms with Gasteiger partial charge in [-0.3, -0.25) is 0 Å². The highest BCUT2D eigenvalue weighted by atomic mass is 32.1. The van der Waals surface area contributed by atoms with E-state index in [-0.39, 0.29) is 0 Å². The number of ether oxygens (including phenoxy) is 1. The monoisotopic (exact) mass is 229 g/mol. The first-order chi connectivity index (χ1) is 7.03. The molecule has 0 bridgehead atoms. The van der Waals surface area contributed by atoms with Crippen molar-refractivity contribution in [2.24, 2.45) is 0 Å². The number of hydrogen-bond donors (Lipinski definition) is 1. The van der Waals surface area contributed by atoms with Crippen LogP contribution in [0.25, 0.3) is 0 Å². The van der Waals surface area contributed by atoms with E-state index >= 15 is 0 Å². The van der Waals surface area contributed by atoms with Crippen molar-refractivity contribution in [1.82, 2.24) is 15.5 Å². The van der Waals surface area contributed by atoms with Gasteiger partial charge in [0.05, 0.1) is 6.54 Å². The summed E-state index contributed by atoms with van der Waals surface area (Å²) in [4.78, 5) is 11.3. The molecule has 0 atom stereocenters. The largest absolute Gasteiger partial charge is 0.444 e. The van der Waals surface area contributed by atoms with E-state index in [2.05, 4.69) is 15.5 Å². The van der Waals surface area contributed by atoms with Crippen LogP contribution >= 0.6 is 11.3 Å². The SMILES string of the molecule is CCC(C)(C)OC(=O)NCc1nncs1. The van der Waals surface area contributed by atoms with Crippen molar-refractivity contribution in [2.45, 2.75) is 39.3 Å². The summed E-state index contributed by atoms with van der Waals surface area (Å²) >= 11 is 1.40. The van der Waals surface area contributed by atoms with Gasteiger partial charge in [0.25, 0.3) is 0 Å². The normalized spacial score (nSPS) is 11.1. The molecule has 0 aliphatic heterocycles. The summed E-state index contributed by atoms with van der Waals surface area (Å²) in [5.41, 5.74) is 1.20. The second kappa shape index (κ2) is 5.06. The summed E-state index contributed by atoms with van der Waals surface area (Å²) in [6.07, 6.45) is 0.358. The Labute approximate surface area is 92.9 Å². The van der Waals surface area contributed by atoms with Crippen molar-refractivity contribution in [1.29, 1.82) is 0 Å². The molecule has 1 aromatic rings. The van der Waals surface area contributed by atoms with Gasteiger partial charge in [-0.15, -0.1) is 21.5 Å². The minimum atomic E-state index is -0.425. The Morgan fingerprint density at radius 3 is 2.93 bits per heavy atom. The predicted octanol–water partition coefficient (Wildman–Crippen LogP) is 1.95. The number of amides is 1. The third kappa shape index (κ3) is 4.24. The molecule has 1 rings (SSSR count). The zero-order valence-electron chi connectivity index (χ0n) is 9.11. The molecule has 1 amide bonds. The second-order valence-corrected chi connectivity index (χ2v) is 4.61. The van der Waals surface area contributed by atoms with E-state index in [1.54, 1.807) is 5.51 Å². The molecule has 0 aliphatic carbocycles. The average Bonchev–Trinajstić information content (AvgIpc) is 2.66. The van der Waals surface area contributed by atoms with Crippen molar-refractivity contribution < 1.29 is 9.53 Å². The van der Waals surface area contributed by atoms with Crippen molar-refractivity contribution in [3.05, 3.63) is 10.5 Å². The lowest BCUT2D eigenvalue weighted by Crippen LogP contribution is -2.33. The first-order valence-corrected chi connectivity index (χ1v) is 5.63. The zero-order chi connectivity index (χ0) is 11.3. The van der Waals surface area contributed by atoms with E-state index in [0.29, 0.717) is 6.54 Å². The molecule has 0 fully saturated rings. The molecule has 0 saturated carbocycles. The predicted molar refractivity (Wildman–Crippen MR) is 57.6 cm³/mol. The quantitative estimate of drug-likeness (QED) is 0.857. The van der Waals surface area contributed by atoms with Gasteiger partial charge in [0.1, 0.15) is 16.1 Å². The topological polar surface area (TPSA) is 64.1 Å². The lowest BCUT2D eigenvalue weighted by molar-refractivity contribution is 0.0360. The molecule has 1 aromatic heterocycles. The maximum Gasteiger partial charge on any atom is 0.408 e. The number of carbonyl (C=O) groups is 1. The molecule has 15 heavy (non-hydrogen) atoms. The van der Waals surface area contributed by atoms with Gasteiger partial charge in [-0.05, 0) is 20.3 Å². The molecule has 0 saturated heterocycles. The van der Waals surface area contributed by atoms with Gasteiger partial charge in [-0.2, -0.15) is 0 Å². The van der Waals surface area contributed by atoms with Gasteiger partial charge in [-0.1, -0.05) is 6.92 Å². The third-order valence-electron chi connectivity index (χ3n) is 2.01. The van der Waals surface area contributed by atoms with Crippen LogP contribution in [-0.2, 0) is 11.3 Å². The number of hydrogen-bond acceptors (Lipinski definition) is 5. The highest BCUT2D eigenvalue weighted by molar-refractivity contribution is 7.09. The molecule has 84 valence electrons. The third-order valence-corrected chi connectivity index (χ3v) is 2.71. The Balaban J connectivity index is 2.31. The molecule has 5 nitrogen and oxygen atoms in total. The first-order valence-electron chi connectivity index (χ1n) is 4.75. The highest BCUT2D eigenvalue weighted by Gasteiger charge is 2.20. The minimum Gasteiger partial charge on any atom is -0.444 e. The maximum atomic E-state index is 11.3. The van der Waals surface area contributed by atoms with E-state index in [9.17, 15) is 4.79 Å². The van der Waals surface area contributed by atoms with Crippen LogP contribution in [0, 0.1) is 0 Å². The highest BCUT2D eigenvalue weighted by Crippen LogP contribution is 2.13. The van der Waals surface area contributed by atoms with Crippen LogP contribution in [0.3, 0.4) is 0 Å². The standard InChI is InChI=1S/C9H15N3O2S/c1-4-9(2,3)14-8(13)10-5-7-12-11-6-15-7/h6H,4-5H2,1-3H3,(H,10,13). The molecule has 0 spiro atoms. The number of alkyl carbamates (subject to hydrolysis) is 1. The molecular formula is C9H15N3O2S. The Kier molecular flexibility index (Phi) is 4.02. The van der Waals surface area contributed by atoms with Crippen molar-refractivity contribution >= 4 is 17.4 Å². The summed E-state index contributed by atoms with van der Waals surface area (Å²) in [5.74, 6) is 0. The summed E-state index contributed by atoms with van der Waals surface area (Å²) in [6, 6.07) is 0. The fraction of sp³-hybridized carbons (Fsp3) is 0.667. The average molecular weight is 229 g/mol. The summed E-state index contributed by atoms with van der Waals surface area (Å²) in [7, 11) is 0. The number of nitrogens with zero attached hydrogens (tertiary/aromatic N) is 2. The van der Waals surface area contributed by atoms with Crippen molar-refractivity contribution in [2.75, 3.05) is 0 Å². The van der Waals surface area contributed by atoms with E-state index in [1.807, 2.05) is 20.8 Å². The van der Waals surface area contributed by atoms with E-state index in [4.69, 9.17) is 4.74 Å². The molecule has 0 aromatic carbocycles. The van der Waals surface area contributed by atoms with E-state index < -0.39 is 11.7 Å². The maximum absolute atomic E-state index is 11.3. The molecule has 0 unspecified atom stereocenters. The second-order valence-electron chi connectivity index (χ2n) is 3.69. The molecule has 0 radical (unpaired) electrons. The van der Waals surface area contributed by atoms with Crippen LogP contribution < -0.4 is 5.32 Å². The summed E-state index contributed by atoms with van der Waals surface area (Å²) < 4.78 is 5.19. The molecule has 0 aliphatic rings. The smallest absolute Gasteiger partial charge is 0.408 e. The van der Waals surface area contributed by atoms with Crippen LogP contribution in [0.15, 0.2) is 5.51 Å². The Morgan fingerprint density at radius 1 is 1.67 bits per heavy atom. The summed E-state index contributed by atoms with van der Waals surface area (Å²) in [5, 5.41) is 10.9.